The monoisotopic (exact) mass is 348 g/mol. The third kappa shape index (κ3) is 4.71. The van der Waals surface area contributed by atoms with Crippen molar-refractivity contribution in [2.45, 2.75) is 31.4 Å². The van der Waals surface area contributed by atoms with Gasteiger partial charge in [-0.1, -0.05) is 18.2 Å². The van der Waals surface area contributed by atoms with Crippen molar-refractivity contribution in [2.24, 2.45) is 0 Å². The molecule has 0 saturated carbocycles. The van der Waals surface area contributed by atoms with Crippen LogP contribution in [0, 0.1) is 0 Å². The Labute approximate surface area is 149 Å². The van der Waals surface area contributed by atoms with E-state index in [1.54, 1.807) is 7.11 Å². The first-order valence-electron chi connectivity index (χ1n) is 9.12. The second-order valence-corrected chi connectivity index (χ2v) is 6.51. The average Bonchev–Trinajstić information content (AvgIpc) is 3.18. The first-order valence-corrected chi connectivity index (χ1v) is 9.12. The maximum absolute atomic E-state index is 12.7. The topological polar surface area (TPSA) is 60.0 Å². The Morgan fingerprint density at radius 2 is 2.28 bits per heavy atom. The lowest BCUT2D eigenvalue weighted by molar-refractivity contribution is -0.136. The number of para-hydroxylation sites is 1. The van der Waals surface area contributed by atoms with Gasteiger partial charge in [0.1, 0.15) is 5.75 Å². The molecule has 3 rings (SSSR count). The molecule has 2 unspecified atom stereocenters. The van der Waals surface area contributed by atoms with Gasteiger partial charge < -0.3 is 24.4 Å². The molecule has 2 atom stereocenters. The SMILES string of the molecule is COc1ccccc1C1CNCCN1C(=O)CCOCC1CCCO1. The van der Waals surface area contributed by atoms with Crippen LogP contribution in [-0.4, -0.2) is 63.5 Å². The Hall–Kier alpha value is -1.63. The number of amides is 1. The maximum atomic E-state index is 12.7. The van der Waals surface area contributed by atoms with E-state index < -0.39 is 0 Å². The third-order valence-corrected chi connectivity index (χ3v) is 4.85. The molecular formula is C19H28N2O4. The smallest absolute Gasteiger partial charge is 0.225 e. The molecule has 2 aliphatic rings. The number of methoxy groups -OCH3 is 1. The molecular weight excluding hydrogens is 320 g/mol. The van der Waals surface area contributed by atoms with Gasteiger partial charge in [-0.2, -0.15) is 0 Å². The van der Waals surface area contributed by atoms with Crippen molar-refractivity contribution in [2.75, 3.05) is 46.6 Å². The van der Waals surface area contributed by atoms with E-state index >= 15 is 0 Å². The van der Waals surface area contributed by atoms with Crippen molar-refractivity contribution in [1.82, 2.24) is 10.2 Å². The Bertz CT molecular complexity index is 560. The minimum absolute atomic E-state index is 0.00411. The van der Waals surface area contributed by atoms with Gasteiger partial charge in [-0.25, -0.2) is 0 Å². The summed E-state index contributed by atoms with van der Waals surface area (Å²) in [5, 5.41) is 3.38. The first kappa shape index (κ1) is 18.2. The van der Waals surface area contributed by atoms with Gasteiger partial charge in [0.25, 0.3) is 0 Å². The Morgan fingerprint density at radius 3 is 3.08 bits per heavy atom. The van der Waals surface area contributed by atoms with Crippen LogP contribution in [0.25, 0.3) is 0 Å². The fraction of sp³-hybridized carbons (Fsp3) is 0.632. The molecule has 0 spiro atoms. The predicted octanol–water partition coefficient (Wildman–Crippen LogP) is 1.75. The van der Waals surface area contributed by atoms with E-state index in [4.69, 9.17) is 14.2 Å². The third-order valence-electron chi connectivity index (χ3n) is 4.85. The molecule has 0 aliphatic carbocycles. The maximum Gasteiger partial charge on any atom is 0.225 e. The summed E-state index contributed by atoms with van der Waals surface area (Å²) in [4.78, 5) is 14.7. The van der Waals surface area contributed by atoms with Gasteiger partial charge in [0.15, 0.2) is 0 Å². The molecule has 6 heteroatoms. The summed E-state index contributed by atoms with van der Waals surface area (Å²) < 4.78 is 16.7. The van der Waals surface area contributed by atoms with Crippen LogP contribution in [0.3, 0.4) is 0 Å². The van der Waals surface area contributed by atoms with E-state index in [1.165, 1.54) is 0 Å². The van der Waals surface area contributed by atoms with Crippen molar-refractivity contribution in [3.8, 4) is 5.75 Å². The van der Waals surface area contributed by atoms with Crippen LogP contribution < -0.4 is 10.1 Å². The Balaban J connectivity index is 1.55. The summed E-state index contributed by atoms with van der Waals surface area (Å²) >= 11 is 0. The van der Waals surface area contributed by atoms with Gasteiger partial charge in [0.2, 0.25) is 5.91 Å². The molecule has 25 heavy (non-hydrogen) atoms. The zero-order chi connectivity index (χ0) is 17.5. The zero-order valence-electron chi connectivity index (χ0n) is 14.9. The molecule has 2 fully saturated rings. The second-order valence-electron chi connectivity index (χ2n) is 6.51. The highest BCUT2D eigenvalue weighted by atomic mass is 16.5. The number of piperazine rings is 1. The van der Waals surface area contributed by atoms with E-state index in [1.807, 2.05) is 29.2 Å². The van der Waals surface area contributed by atoms with Crippen molar-refractivity contribution < 1.29 is 19.0 Å². The van der Waals surface area contributed by atoms with Gasteiger partial charge in [-0.05, 0) is 18.9 Å². The van der Waals surface area contributed by atoms with E-state index in [9.17, 15) is 4.79 Å². The number of ether oxygens (including phenoxy) is 3. The molecule has 2 heterocycles. The number of nitrogens with zero attached hydrogens (tertiary/aromatic N) is 1. The minimum Gasteiger partial charge on any atom is -0.496 e. The van der Waals surface area contributed by atoms with Crippen LogP contribution >= 0.6 is 0 Å². The molecule has 2 aliphatic heterocycles. The van der Waals surface area contributed by atoms with E-state index in [2.05, 4.69) is 5.32 Å². The number of carbonyl (C=O) groups is 1. The fourth-order valence-electron chi connectivity index (χ4n) is 3.52. The number of hydrogen-bond donors (Lipinski definition) is 1. The van der Waals surface area contributed by atoms with Crippen LogP contribution in [0.2, 0.25) is 0 Å². The quantitative estimate of drug-likeness (QED) is 0.761. The summed E-state index contributed by atoms with van der Waals surface area (Å²) in [5.74, 6) is 0.952. The summed E-state index contributed by atoms with van der Waals surface area (Å²) in [5.41, 5.74) is 1.05. The van der Waals surface area contributed by atoms with E-state index in [-0.39, 0.29) is 18.1 Å². The molecule has 6 nitrogen and oxygen atoms in total. The van der Waals surface area contributed by atoms with Gasteiger partial charge >= 0.3 is 0 Å². The molecule has 0 bridgehead atoms. The van der Waals surface area contributed by atoms with Crippen molar-refractivity contribution in [3.05, 3.63) is 29.8 Å². The summed E-state index contributed by atoms with van der Waals surface area (Å²) in [6.45, 7) is 4.12. The molecule has 1 aromatic carbocycles. The lowest BCUT2D eigenvalue weighted by Gasteiger charge is -2.37. The lowest BCUT2D eigenvalue weighted by Crippen LogP contribution is -2.49. The minimum atomic E-state index is -0.00411. The molecule has 138 valence electrons. The normalized spacial score (nSPS) is 23.6. The van der Waals surface area contributed by atoms with Crippen molar-refractivity contribution >= 4 is 5.91 Å². The largest absolute Gasteiger partial charge is 0.496 e. The Kier molecular flexibility index (Phi) is 6.67. The van der Waals surface area contributed by atoms with Crippen LogP contribution in [0.4, 0.5) is 0 Å². The number of rotatable bonds is 7. The second kappa shape index (κ2) is 9.17. The fourth-order valence-corrected chi connectivity index (χ4v) is 3.52. The van der Waals surface area contributed by atoms with Gasteiger partial charge in [-0.3, -0.25) is 4.79 Å². The molecule has 0 radical (unpaired) electrons. The average molecular weight is 348 g/mol. The summed E-state index contributed by atoms with van der Waals surface area (Å²) in [7, 11) is 1.67. The van der Waals surface area contributed by atoms with Crippen molar-refractivity contribution in [1.29, 1.82) is 0 Å². The highest BCUT2D eigenvalue weighted by Gasteiger charge is 2.29. The number of carbonyl (C=O) groups excluding carboxylic acids is 1. The van der Waals surface area contributed by atoms with E-state index in [0.717, 1.165) is 43.9 Å². The van der Waals surface area contributed by atoms with E-state index in [0.29, 0.717) is 26.2 Å². The standard InChI is InChI=1S/C19H28N2O4/c1-23-18-7-3-2-6-16(18)17-13-20-9-10-21(17)19(22)8-12-24-14-15-5-4-11-25-15/h2-3,6-7,15,17,20H,4-5,8-14H2,1H3. The molecule has 0 aromatic heterocycles. The first-order chi connectivity index (χ1) is 12.3. The van der Waals surface area contributed by atoms with Gasteiger partial charge in [-0.15, -0.1) is 0 Å². The molecule has 2 saturated heterocycles. The molecule has 1 aromatic rings. The molecule has 1 N–H and O–H groups in total. The number of benzene rings is 1. The predicted molar refractivity (Wildman–Crippen MR) is 94.7 cm³/mol. The van der Waals surface area contributed by atoms with Crippen LogP contribution in [-0.2, 0) is 14.3 Å². The summed E-state index contributed by atoms with van der Waals surface area (Å²) in [6.07, 6.45) is 2.77. The Morgan fingerprint density at radius 1 is 1.40 bits per heavy atom. The van der Waals surface area contributed by atoms with Crippen LogP contribution in [0.1, 0.15) is 30.9 Å². The summed E-state index contributed by atoms with van der Waals surface area (Å²) in [6, 6.07) is 7.90. The van der Waals surface area contributed by atoms with Crippen LogP contribution in [0.15, 0.2) is 24.3 Å². The highest BCUT2D eigenvalue weighted by Crippen LogP contribution is 2.30. The zero-order valence-corrected chi connectivity index (χ0v) is 14.9. The van der Waals surface area contributed by atoms with Crippen LogP contribution in [0.5, 0.6) is 5.75 Å². The lowest BCUT2D eigenvalue weighted by atomic mass is 10.0. The van der Waals surface area contributed by atoms with Gasteiger partial charge in [0.05, 0.1) is 38.9 Å². The van der Waals surface area contributed by atoms with Gasteiger partial charge in [0, 0.05) is 31.8 Å². The molecule has 1 amide bonds. The van der Waals surface area contributed by atoms with Crippen molar-refractivity contribution in [3.63, 3.8) is 0 Å². The number of nitrogens with one attached hydrogen (secondary N) is 1. The number of hydrogen-bond acceptors (Lipinski definition) is 5. The highest BCUT2D eigenvalue weighted by molar-refractivity contribution is 5.77.